The molecule has 0 aliphatic carbocycles. The van der Waals surface area contributed by atoms with Crippen LogP contribution in [0.4, 0.5) is 4.39 Å². The summed E-state index contributed by atoms with van der Waals surface area (Å²) < 4.78 is 16.7. The van der Waals surface area contributed by atoms with E-state index < -0.39 is 0 Å². The summed E-state index contributed by atoms with van der Waals surface area (Å²) in [5.41, 5.74) is 0.584. The van der Waals surface area contributed by atoms with Crippen LogP contribution in [0.1, 0.15) is 5.56 Å². The van der Waals surface area contributed by atoms with Crippen molar-refractivity contribution in [3.05, 3.63) is 92.1 Å². The van der Waals surface area contributed by atoms with Gasteiger partial charge in [-0.1, -0.05) is 29.8 Å². The van der Waals surface area contributed by atoms with Crippen LogP contribution in [0.3, 0.4) is 0 Å². The third-order valence-corrected chi connectivity index (χ3v) is 4.40. The minimum absolute atomic E-state index is 0.200. The molecular formula is C18H12ClFN4O2. The molecule has 0 aliphatic rings. The van der Waals surface area contributed by atoms with Gasteiger partial charge in [0.15, 0.2) is 0 Å². The number of hydrogen-bond acceptors (Lipinski definition) is 3. The second kappa shape index (κ2) is 6.27. The predicted molar refractivity (Wildman–Crippen MR) is 96.5 cm³/mol. The van der Waals surface area contributed by atoms with E-state index in [4.69, 9.17) is 11.6 Å². The molecule has 3 heterocycles. The average molecular weight is 371 g/mol. The highest BCUT2D eigenvalue weighted by Gasteiger charge is 2.13. The van der Waals surface area contributed by atoms with Gasteiger partial charge >= 0.3 is 0 Å². The molecule has 130 valence electrons. The SMILES string of the molecule is O=c1cc(-n2ccc3c(cnn3Cc3ccccc3F)c2=O)c(Cl)c[nH]1. The summed E-state index contributed by atoms with van der Waals surface area (Å²) in [7, 11) is 0. The Balaban J connectivity index is 1.84. The molecule has 1 N–H and O–H groups in total. The van der Waals surface area contributed by atoms with Crippen LogP contribution in [0.5, 0.6) is 0 Å². The maximum Gasteiger partial charge on any atom is 0.266 e. The molecule has 0 unspecified atom stereocenters. The van der Waals surface area contributed by atoms with Crippen molar-refractivity contribution in [3.8, 4) is 5.69 Å². The van der Waals surface area contributed by atoms with E-state index in [0.29, 0.717) is 16.5 Å². The first-order valence-electron chi connectivity index (χ1n) is 7.74. The highest BCUT2D eigenvalue weighted by molar-refractivity contribution is 6.32. The van der Waals surface area contributed by atoms with Gasteiger partial charge in [-0.05, 0) is 12.1 Å². The smallest absolute Gasteiger partial charge is 0.266 e. The van der Waals surface area contributed by atoms with E-state index in [0.717, 1.165) is 0 Å². The maximum atomic E-state index is 13.9. The Kier molecular flexibility index (Phi) is 3.93. The molecule has 8 heteroatoms. The lowest BCUT2D eigenvalue weighted by atomic mass is 10.2. The molecule has 0 spiro atoms. The van der Waals surface area contributed by atoms with E-state index in [1.807, 2.05) is 0 Å². The van der Waals surface area contributed by atoms with Gasteiger partial charge in [0.1, 0.15) is 5.82 Å². The van der Waals surface area contributed by atoms with Crippen LogP contribution in [0, 0.1) is 5.82 Å². The number of nitrogens with zero attached hydrogens (tertiary/aromatic N) is 3. The van der Waals surface area contributed by atoms with Crippen LogP contribution >= 0.6 is 11.6 Å². The fourth-order valence-electron chi connectivity index (χ4n) is 2.81. The van der Waals surface area contributed by atoms with Crippen molar-refractivity contribution in [2.75, 3.05) is 0 Å². The van der Waals surface area contributed by atoms with Crippen LogP contribution in [0.15, 0.2) is 64.6 Å². The van der Waals surface area contributed by atoms with E-state index >= 15 is 0 Å². The van der Waals surface area contributed by atoms with Gasteiger partial charge in [0, 0.05) is 24.0 Å². The van der Waals surface area contributed by atoms with Crippen LogP contribution in [0.2, 0.25) is 5.02 Å². The largest absolute Gasteiger partial charge is 0.327 e. The fourth-order valence-corrected chi connectivity index (χ4v) is 3.01. The van der Waals surface area contributed by atoms with E-state index in [9.17, 15) is 14.0 Å². The van der Waals surface area contributed by atoms with Gasteiger partial charge in [0.25, 0.3) is 5.56 Å². The second-order valence-corrected chi connectivity index (χ2v) is 6.12. The molecule has 0 saturated heterocycles. The number of rotatable bonds is 3. The van der Waals surface area contributed by atoms with Crippen molar-refractivity contribution >= 4 is 22.5 Å². The molecule has 0 bridgehead atoms. The molecule has 0 radical (unpaired) electrons. The number of halogens is 2. The summed E-state index contributed by atoms with van der Waals surface area (Å²) in [4.78, 5) is 26.8. The molecule has 0 fully saturated rings. The minimum atomic E-state index is -0.369. The Morgan fingerprint density at radius 2 is 2.00 bits per heavy atom. The lowest BCUT2D eigenvalue weighted by Gasteiger charge is -2.08. The molecule has 1 aromatic carbocycles. The Morgan fingerprint density at radius 1 is 1.19 bits per heavy atom. The summed E-state index contributed by atoms with van der Waals surface area (Å²) in [6.07, 6.45) is 4.28. The summed E-state index contributed by atoms with van der Waals surface area (Å²) in [5, 5.41) is 4.79. The number of aromatic amines is 1. The number of pyridine rings is 2. The molecule has 6 nitrogen and oxygen atoms in total. The summed E-state index contributed by atoms with van der Waals surface area (Å²) in [6, 6.07) is 9.33. The monoisotopic (exact) mass is 370 g/mol. The lowest BCUT2D eigenvalue weighted by molar-refractivity contribution is 0.590. The lowest BCUT2D eigenvalue weighted by Crippen LogP contribution is -2.20. The third kappa shape index (κ3) is 2.72. The van der Waals surface area contributed by atoms with Crippen molar-refractivity contribution < 1.29 is 4.39 Å². The topological polar surface area (TPSA) is 72.7 Å². The Bertz CT molecular complexity index is 1240. The standard InChI is InChI=1S/C18H12ClFN4O2/c19-13-9-21-17(25)7-16(13)23-6-5-15-12(18(23)26)8-22-24(15)10-11-3-1-2-4-14(11)20/h1-9H,10H2,(H,21,25). The predicted octanol–water partition coefficient (Wildman–Crippen LogP) is 2.72. The van der Waals surface area contributed by atoms with Crippen molar-refractivity contribution in [1.29, 1.82) is 0 Å². The average Bonchev–Trinajstić information content (AvgIpc) is 3.03. The van der Waals surface area contributed by atoms with Crippen molar-refractivity contribution in [2.24, 2.45) is 0 Å². The summed E-state index contributed by atoms with van der Waals surface area (Å²) >= 11 is 6.09. The van der Waals surface area contributed by atoms with Gasteiger partial charge < -0.3 is 4.98 Å². The molecule has 26 heavy (non-hydrogen) atoms. The molecule has 0 amide bonds. The number of aromatic nitrogens is 4. The molecule has 4 aromatic rings. The van der Waals surface area contributed by atoms with Gasteiger partial charge in [0.2, 0.25) is 5.56 Å². The van der Waals surface area contributed by atoms with Gasteiger partial charge in [-0.2, -0.15) is 5.10 Å². The van der Waals surface area contributed by atoms with Crippen molar-refractivity contribution in [3.63, 3.8) is 0 Å². The van der Waals surface area contributed by atoms with Crippen molar-refractivity contribution in [2.45, 2.75) is 6.54 Å². The van der Waals surface area contributed by atoms with Gasteiger partial charge in [-0.25, -0.2) is 4.39 Å². The van der Waals surface area contributed by atoms with Crippen LogP contribution < -0.4 is 11.1 Å². The second-order valence-electron chi connectivity index (χ2n) is 5.71. The van der Waals surface area contributed by atoms with Gasteiger partial charge in [0.05, 0.1) is 34.4 Å². The number of H-pyrrole nitrogens is 1. The first-order chi connectivity index (χ1) is 12.5. The quantitative estimate of drug-likeness (QED) is 0.602. The molecule has 3 aromatic heterocycles. The Hall–Kier alpha value is -3.19. The fraction of sp³-hybridized carbons (Fsp3) is 0.0556. The number of fused-ring (bicyclic) bond motifs is 1. The van der Waals surface area contributed by atoms with E-state index in [1.54, 1.807) is 28.9 Å². The van der Waals surface area contributed by atoms with Crippen LogP contribution in [0.25, 0.3) is 16.6 Å². The molecular weight excluding hydrogens is 359 g/mol. The van der Waals surface area contributed by atoms with E-state index in [1.165, 1.54) is 35.3 Å². The first-order valence-corrected chi connectivity index (χ1v) is 8.11. The van der Waals surface area contributed by atoms with Gasteiger partial charge in [-0.15, -0.1) is 0 Å². The summed E-state index contributed by atoms with van der Waals surface area (Å²) in [6.45, 7) is 0.200. The molecule has 0 aliphatic heterocycles. The Morgan fingerprint density at radius 3 is 2.81 bits per heavy atom. The molecule has 0 atom stereocenters. The number of benzene rings is 1. The van der Waals surface area contributed by atoms with E-state index in [2.05, 4.69) is 10.1 Å². The van der Waals surface area contributed by atoms with Gasteiger partial charge in [-0.3, -0.25) is 18.8 Å². The summed E-state index contributed by atoms with van der Waals surface area (Å²) in [5.74, 6) is -0.334. The maximum absolute atomic E-state index is 13.9. The van der Waals surface area contributed by atoms with Crippen LogP contribution in [-0.2, 0) is 6.54 Å². The highest BCUT2D eigenvalue weighted by Crippen LogP contribution is 2.18. The zero-order valence-electron chi connectivity index (χ0n) is 13.3. The van der Waals surface area contributed by atoms with E-state index in [-0.39, 0.29) is 34.2 Å². The number of nitrogens with one attached hydrogen (secondary N) is 1. The zero-order valence-corrected chi connectivity index (χ0v) is 14.1. The first kappa shape index (κ1) is 16.3. The highest BCUT2D eigenvalue weighted by atomic mass is 35.5. The minimum Gasteiger partial charge on any atom is -0.327 e. The molecule has 0 saturated carbocycles. The zero-order chi connectivity index (χ0) is 18.3. The normalized spacial score (nSPS) is 11.2. The Labute approximate surface area is 151 Å². The van der Waals surface area contributed by atoms with Crippen LogP contribution in [-0.4, -0.2) is 19.3 Å². The molecule has 4 rings (SSSR count). The third-order valence-electron chi connectivity index (χ3n) is 4.10. The van der Waals surface area contributed by atoms with Crippen molar-refractivity contribution in [1.82, 2.24) is 19.3 Å². The number of hydrogen-bond donors (Lipinski definition) is 1.